The highest BCUT2D eigenvalue weighted by molar-refractivity contribution is 7.09. The number of thiazole rings is 1. The maximum atomic E-state index is 13.5. The molecule has 17 heavy (non-hydrogen) atoms. The van der Waals surface area contributed by atoms with Crippen molar-refractivity contribution in [3.8, 4) is 0 Å². The van der Waals surface area contributed by atoms with Crippen LogP contribution in [-0.2, 0) is 5.54 Å². The van der Waals surface area contributed by atoms with Crippen molar-refractivity contribution in [2.45, 2.75) is 12.5 Å². The van der Waals surface area contributed by atoms with Crippen molar-refractivity contribution < 1.29 is 9.50 Å². The largest absolute Gasteiger partial charge is 0.393 e. The van der Waals surface area contributed by atoms with E-state index < -0.39 is 5.54 Å². The summed E-state index contributed by atoms with van der Waals surface area (Å²) < 4.78 is 13.5. The molecule has 0 saturated heterocycles. The van der Waals surface area contributed by atoms with E-state index in [9.17, 15) is 9.50 Å². The first kappa shape index (κ1) is 12.0. The van der Waals surface area contributed by atoms with Gasteiger partial charge < -0.3 is 10.4 Å². The molecule has 0 fully saturated rings. The van der Waals surface area contributed by atoms with Crippen molar-refractivity contribution in [1.82, 2.24) is 4.98 Å². The molecule has 2 rings (SSSR count). The zero-order chi connectivity index (χ0) is 12.3. The maximum Gasteiger partial charge on any atom is 0.146 e. The summed E-state index contributed by atoms with van der Waals surface area (Å²) in [5.41, 5.74) is -0.407. The Balaban J connectivity index is 2.30. The molecular weight excluding hydrogens is 239 g/mol. The van der Waals surface area contributed by atoms with Gasteiger partial charge in [0.25, 0.3) is 0 Å². The summed E-state index contributed by atoms with van der Waals surface area (Å²) in [6, 6.07) is 6.38. The summed E-state index contributed by atoms with van der Waals surface area (Å²) in [4.78, 5) is 4.16. The third-order valence-corrected chi connectivity index (χ3v) is 3.54. The standard InChI is InChI=1S/C12H13FN2OS/c1-12(8-16,11-14-6-7-17-11)15-10-5-3-2-4-9(10)13/h2-7,15-16H,8H2,1H3. The van der Waals surface area contributed by atoms with Crippen LogP contribution in [0.15, 0.2) is 35.8 Å². The van der Waals surface area contributed by atoms with E-state index in [-0.39, 0.29) is 12.4 Å². The van der Waals surface area contributed by atoms with Crippen molar-refractivity contribution in [1.29, 1.82) is 0 Å². The highest BCUT2D eigenvalue weighted by Gasteiger charge is 2.29. The van der Waals surface area contributed by atoms with Crippen molar-refractivity contribution in [2.24, 2.45) is 0 Å². The van der Waals surface area contributed by atoms with Crippen LogP contribution in [0, 0.1) is 5.82 Å². The van der Waals surface area contributed by atoms with Gasteiger partial charge in [-0.15, -0.1) is 11.3 Å². The van der Waals surface area contributed by atoms with Gasteiger partial charge in [-0.2, -0.15) is 0 Å². The van der Waals surface area contributed by atoms with Gasteiger partial charge in [0, 0.05) is 11.6 Å². The Morgan fingerprint density at radius 2 is 2.24 bits per heavy atom. The van der Waals surface area contributed by atoms with Crippen LogP contribution in [0.3, 0.4) is 0 Å². The van der Waals surface area contributed by atoms with Crippen molar-refractivity contribution >= 4 is 17.0 Å². The number of benzene rings is 1. The molecular formula is C12H13FN2OS. The van der Waals surface area contributed by atoms with E-state index in [0.717, 1.165) is 5.01 Å². The first-order valence-corrected chi connectivity index (χ1v) is 6.07. The summed E-state index contributed by atoms with van der Waals surface area (Å²) in [5.74, 6) is -0.344. The molecule has 0 amide bonds. The number of aliphatic hydroxyl groups is 1. The minimum atomic E-state index is -0.768. The topological polar surface area (TPSA) is 45.1 Å². The van der Waals surface area contributed by atoms with Crippen LogP contribution in [0.25, 0.3) is 0 Å². The van der Waals surface area contributed by atoms with Crippen LogP contribution < -0.4 is 5.32 Å². The average molecular weight is 252 g/mol. The molecule has 2 N–H and O–H groups in total. The van der Waals surface area contributed by atoms with Crippen LogP contribution in [-0.4, -0.2) is 16.7 Å². The van der Waals surface area contributed by atoms with Gasteiger partial charge in [-0.25, -0.2) is 9.37 Å². The van der Waals surface area contributed by atoms with Gasteiger partial charge in [0.15, 0.2) is 0 Å². The van der Waals surface area contributed by atoms with E-state index in [2.05, 4.69) is 10.3 Å². The summed E-state index contributed by atoms with van der Waals surface area (Å²) in [7, 11) is 0. The van der Waals surface area contributed by atoms with E-state index >= 15 is 0 Å². The number of aliphatic hydroxyl groups excluding tert-OH is 1. The Bertz CT molecular complexity index is 489. The van der Waals surface area contributed by atoms with Gasteiger partial charge in [-0.3, -0.25) is 0 Å². The predicted molar refractivity (Wildman–Crippen MR) is 66.6 cm³/mol. The monoisotopic (exact) mass is 252 g/mol. The molecule has 0 aliphatic heterocycles. The zero-order valence-corrected chi connectivity index (χ0v) is 10.2. The molecule has 0 radical (unpaired) electrons. The second-order valence-electron chi connectivity index (χ2n) is 3.93. The summed E-state index contributed by atoms with van der Waals surface area (Å²) in [6.45, 7) is 1.63. The van der Waals surface area contributed by atoms with E-state index in [0.29, 0.717) is 5.69 Å². The molecule has 0 aliphatic carbocycles. The van der Waals surface area contributed by atoms with Crippen molar-refractivity contribution in [3.05, 3.63) is 46.7 Å². The predicted octanol–water partition coefficient (Wildman–Crippen LogP) is 2.60. The molecule has 1 atom stereocenters. The minimum absolute atomic E-state index is 0.158. The van der Waals surface area contributed by atoms with Crippen LogP contribution in [0.5, 0.6) is 0 Å². The number of hydrogen-bond donors (Lipinski definition) is 2. The molecule has 3 nitrogen and oxygen atoms in total. The number of hydrogen-bond acceptors (Lipinski definition) is 4. The molecule has 1 heterocycles. The summed E-state index contributed by atoms with van der Waals surface area (Å²) in [6.07, 6.45) is 1.66. The number of para-hydroxylation sites is 1. The van der Waals surface area contributed by atoms with Crippen LogP contribution in [0.1, 0.15) is 11.9 Å². The molecule has 1 aromatic heterocycles. The van der Waals surface area contributed by atoms with Gasteiger partial charge >= 0.3 is 0 Å². The second-order valence-corrected chi connectivity index (χ2v) is 4.83. The second kappa shape index (κ2) is 4.81. The highest BCUT2D eigenvalue weighted by Crippen LogP contribution is 2.28. The van der Waals surface area contributed by atoms with Gasteiger partial charge in [0.1, 0.15) is 16.4 Å². The normalized spacial score (nSPS) is 14.3. The number of nitrogens with zero attached hydrogens (tertiary/aromatic N) is 1. The van der Waals surface area contributed by atoms with E-state index in [1.54, 1.807) is 31.3 Å². The fourth-order valence-corrected chi connectivity index (χ4v) is 2.26. The van der Waals surface area contributed by atoms with E-state index in [4.69, 9.17) is 0 Å². The highest BCUT2D eigenvalue weighted by atomic mass is 32.1. The quantitative estimate of drug-likeness (QED) is 0.879. The first-order valence-electron chi connectivity index (χ1n) is 5.19. The van der Waals surface area contributed by atoms with E-state index in [1.807, 2.05) is 5.38 Å². The lowest BCUT2D eigenvalue weighted by Crippen LogP contribution is -2.36. The third-order valence-electron chi connectivity index (χ3n) is 2.50. The Morgan fingerprint density at radius 1 is 1.47 bits per heavy atom. The fraction of sp³-hybridized carbons (Fsp3) is 0.250. The molecule has 2 aromatic rings. The SMILES string of the molecule is CC(CO)(Nc1ccccc1F)c1nccs1. The lowest BCUT2D eigenvalue weighted by Gasteiger charge is -2.27. The Kier molecular flexibility index (Phi) is 3.40. The molecule has 0 spiro atoms. The van der Waals surface area contributed by atoms with Gasteiger partial charge in [0.05, 0.1) is 12.3 Å². The minimum Gasteiger partial charge on any atom is -0.393 e. The molecule has 0 saturated carbocycles. The Hall–Kier alpha value is -1.46. The van der Waals surface area contributed by atoms with Crippen LogP contribution in [0.2, 0.25) is 0 Å². The molecule has 0 bridgehead atoms. The Labute approximate surface area is 103 Å². The zero-order valence-electron chi connectivity index (χ0n) is 9.35. The van der Waals surface area contributed by atoms with Gasteiger partial charge in [-0.05, 0) is 19.1 Å². The Morgan fingerprint density at radius 3 is 2.82 bits per heavy atom. The molecule has 1 unspecified atom stereocenters. The summed E-state index contributed by atoms with van der Waals surface area (Å²) in [5, 5.41) is 15.0. The van der Waals surface area contributed by atoms with Crippen LogP contribution >= 0.6 is 11.3 Å². The number of nitrogens with one attached hydrogen (secondary N) is 1. The molecule has 1 aromatic carbocycles. The number of anilines is 1. The number of rotatable bonds is 4. The lowest BCUT2D eigenvalue weighted by molar-refractivity contribution is 0.223. The molecule has 90 valence electrons. The maximum absolute atomic E-state index is 13.5. The first-order chi connectivity index (χ1) is 8.15. The van der Waals surface area contributed by atoms with Crippen LogP contribution in [0.4, 0.5) is 10.1 Å². The lowest BCUT2D eigenvalue weighted by atomic mass is 10.0. The fourth-order valence-electron chi connectivity index (χ4n) is 1.52. The smallest absolute Gasteiger partial charge is 0.146 e. The van der Waals surface area contributed by atoms with E-state index in [1.165, 1.54) is 17.4 Å². The van der Waals surface area contributed by atoms with Gasteiger partial charge in [-0.1, -0.05) is 12.1 Å². The summed E-state index contributed by atoms with van der Waals surface area (Å²) >= 11 is 1.42. The van der Waals surface area contributed by atoms with Crippen molar-refractivity contribution in [2.75, 3.05) is 11.9 Å². The van der Waals surface area contributed by atoms with Crippen molar-refractivity contribution in [3.63, 3.8) is 0 Å². The number of aromatic nitrogens is 1. The van der Waals surface area contributed by atoms with Gasteiger partial charge in [0.2, 0.25) is 0 Å². The average Bonchev–Trinajstić information content (AvgIpc) is 2.86. The number of halogens is 1. The molecule has 5 heteroatoms. The molecule has 0 aliphatic rings. The third kappa shape index (κ3) is 2.45.